The average Bonchev–Trinajstić information content (AvgIpc) is 2.65. The van der Waals surface area contributed by atoms with Crippen molar-refractivity contribution in [2.75, 3.05) is 25.9 Å². The monoisotopic (exact) mass is 374 g/mol. The van der Waals surface area contributed by atoms with Gasteiger partial charge in [-0.1, -0.05) is 35.9 Å². The number of hydroxylamine groups is 2. The van der Waals surface area contributed by atoms with Crippen molar-refractivity contribution in [3.63, 3.8) is 0 Å². The normalized spacial score (nSPS) is 17.2. The van der Waals surface area contributed by atoms with Gasteiger partial charge < -0.3 is 10.5 Å². The van der Waals surface area contributed by atoms with Crippen LogP contribution in [-0.4, -0.2) is 25.3 Å². The van der Waals surface area contributed by atoms with Gasteiger partial charge in [-0.05, 0) is 49.8 Å². The van der Waals surface area contributed by atoms with Crippen LogP contribution in [0.15, 0.2) is 42.5 Å². The summed E-state index contributed by atoms with van der Waals surface area (Å²) in [6, 6.07) is 13.8. The van der Waals surface area contributed by atoms with E-state index in [1.165, 1.54) is 5.56 Å². The third kappa shape index (κ3) is 4.70. The van der Waals surface area contributed by atoms with Crippen molar-refractivity contribution in [2.24, 2.45) is 5.92 Å². The van der Waals surface area contributed by atoms with Gasteiger partial charge in [-0.25, -0.2) is 0 Å². The Bertz CT molecular complexity index is 730. The van der Waals surface area contributed by atoms with E-state index in [1.807, 2.05) is 43.3 Å². The van der Waals surface area contributed by atoms with Gasteiger partial charge in [0.05, 0.1) is 7.11 Å². The van der Waals surface area contributed by atoms with E-state index in [0.29, 0.717) is 5.92 Å². The first kappa shape index (κ1) is 19.0. The number of hydrogen-bond acceptors (Lipinski definition) is 4. The number of methoxy groups -OCH3 is 1. The van der Waals surface area contributed by atoms with E-state index in [0.717, 1.165) is 54.4 Å². The summed E-state index contributed by atoms with van der Waals surface area (Å²) in [4.78, 5) is 6.12. The minimum absolute atomic E-state index is 0.0440. The van der Waals surface area contributed by atoms with Crippen LogP contribution >= 0.6 is 11.6 Å². The van der Waals surface area contributed by atoms with E-state index >= 15 is 0 Å². The zero-order valence-electron chi connectivity index (χ0n) is 15.5. The van der Waals surface area contributed by atoms with E-state index in [4.69, 9.17) is 26.9 Å². The molecule has 140 valence electrons. The number of piperidine rings is 1. The van der Waals surface area contributed by atoms with Crippen LogP contribution in [-0.2, 0) is 11.3 Å². The summed E-state index contributed by atoms with van der Waals surface area (Å²) < 4.78 is 5.22. The Hall–Kier alpha value is -1.75. The van der Waals surface area contributed by atoms with E-state index in [2.05, 4.69) is 11.1 Å². The molecule has 0 amide bonds. The van der Waals surface area contributed by atoms with Crippen molar-refractivity contribution in [1.82, 2.24) is 5.06 Å². The van der Waals surface area contributed by atoms with Gasteiger partial charge >= 0.3 is 0 Å². The van der Waals surface area contributed by atoms with Gasteiger partial charge in [0.2, 0.25) is 0 Å². The SMILES string of the molecule is COc1ccc(CC2CCN(OC(C)c3ccccc3Cl)CC2)c(N)c1. The van der Waals surface area contributed by atoms with Crippen molar-refractivity contribution >= 4 is 17.3 Å². The molecular weight excluding hydrogens is 348 g/mol. The minimum Gasteiger partial charge on any atom is -0.497 e. The highest BCUT2D eigenvalue weighted by Gasteiger charge is 2.23. The molecule has 1 aliphatic rings. The van der Waals surface area contributed by atoms with Crippen molar-refractivity contribution < 1.29 is 9.57 Å². The van der Waals surface area contributed by atoms with Crippen molar-refractivity contribution in [3.05, 3.63) is 58.6 Å². The summed E-state index contributed by atoms with van der Waals surface area (Å²) in [6.07, 6.45) is 3.16. The van der Waals surface area contributed by atoms with Gasteiger partial charge in [-0.2, -0.15) is 5.06 Å². The Kier molecular flexibility index (Phi) is 6.41. The molecule has 0 saturated carbocycles. The summed E-state index contributed by atoms with van der Waals surface area (Å²) in [5, 5.41) is 2.83. The maximum absolute atomic E-state index is 6.27. The molecule has 1 fully saturated rings. The molecule has 0 radical (unpaired) electrons. The highest BCUT2D eigenvalue weighted by atomic mass is 35.5. The number of nitrogens with two attached hydrogens (primary N) is 1. The highest BCUT2D eigenvalue weighted by Crippen LogP contribution is 2.30. The van der Waals surface area contributed by atoms with E-state index in [9.17, 15) is 0 Å². The second-order valence-corrected chi connectivity index (χ2v) is 7.32. The lowest BCUT2D eigenvalue weighted by atomic mass is 9.90. The second-order valence-electron chi connectivity index (χ2n) is 6.91. The smallest absolute Gasteiger partial charge is 0.120 e. The Morgan fingerprint density at radius 2 is 1.92 bits per heavy atom. The topological polar surface area (TPSA) is 47.7 Å². The fraction of sp³-hybridized carbons (Fsp3) is 0.429. The van der Waals surface area contributed by atoms with Crippen LogP contribution in [0.2, 0.25) is 5.02 Å². The predicted molar refractivity (Wildman–Crippen MR) is 106 cm³/mol. The molecule has 1 unspecified atom stereocenters. The van der Waals surface area contributed by atoms with Crippen molar-refractivity contribution in [2.45, 2.75) is 32.3 Å². The maximum Gasteiger partial charge on any atom is 0.120 e. The molecule has 26 heavy (non-hydrogen) atoms. The lowest BCUT2D eigenvalue weighted by Crippen LogP contribution is -2.35. The molecule has 2 aromatic rings. The van der Waals surface area contributed by atoms with E-state index < -0.39 is 0 Å². The summed E-state index contributed by atoms with van der Waals surface area (Å²) >= 11 is 6.27. The molecule has 3 rings (SSSR count). The number of nitrogen functional groups attached to an aromatic ring is 1. The van der Waals surface area contributed by atoms with Gasteiger partial charge in [0.25, 0.3) is 0 Å². The summed E-state index contributed by atoms with van der Waals surface area (Å²) in [6.45, 7) is 3.90. The van der Waals surface area contributed by atoms with Crippen LogP contribution in [0.3, 0.4) is 0 Å². The number of anilines is 1. The fourth-order valence-electron chi connectivity index (χ4n) is 3.50. The largest absolute Gasteiger partial charge is 0.497 e. The fourth-order valence-corrected chi connectivity index (χ4v) is 3.79. The Balaban J connectivity index is 1.51. The third-order valence-electron chi connectivity index (χ3n) is 5.09. The first-order valence-corrected chi connectivity index (χ1v) is 9.53. The molecule has 0 spiro atoms. The lowest BCUT2D eigenvalue weighted by Gasteiger charge is -2.33. The van der Waals surface area contributed by atoms with Crippen LogP contribution in [0.1, 0.15) is 37.0 Å². The van der Waals surface area contributed by atoms with Crippen LogP contribution in [0, 0.1) is 5.92 Å². The Morgan fingerprint density at radius 1 is 1.19 bits per heavy atom. The van der Waals surface area contributed by atoms with E-state index in [1.54, 1.807) is 7.11 Å². The molecule has 1 heterocycles. The van der Waals surface area contributed by atoms with E-state index in [-0.39, 0.29) is 6.10 Å². The summed E-state index contributed by atoms with van der Waals surface area (Å²) in [5.41, 5.74) is 9.21. The number of ether oxygens (including phenoxy) is 1. The number of hydrogen-bond donors (Lipinski definition) is 1. The molecule has 1 saturated heterocycles. The maximum atomic E-state index is 6.27. The Labute approximate surface area is 160 Å². The molecule has 1 aliphatic heterocycles. The molecule has 2 N–H and O–H groups in total. The quantitative estimate of drug-likeness (QED) is 0.732. The predicted octanol–water partition coefficient (Wildman–Crippen LogP) is 4.88. The molecule has 4 nitrogen and oxygen atoms in total. The molecule has 0 aromatic heterocycles. The van der Waals surface area contributed by atoms with Gasteiger partial charge in [-0.15, -0.1) is 0 Å². The molecule has 2 aromatic carbocycles. The first-order chi connectivity index (χ1) is 12.6. The van der Waals surface area contributed by atoms with Crippen molar-refractivity contribution in [3.8, 4) is 5.75 Å². The number of benzene rings is 2. The van der Waals surface area contributed by atoms with Crippen LogP contribution in [0.25, 0.3) is 0 Å². The molecular formula is C21H27ClN2O2. The lowest BCUT2D eigenvalue weighted by molar-refractivity contribution is -0.207. The third-order valence-corrected chi connectivity index (χ3v) is 5.43. The van der Waals surface area contributed by atoms with Crippen LogP contribution < -0.4 is 10.5 Å². The molecule has 0 bridgehead atoms. The number of halogens is 1. The highest BCUT2D eigenvalue weighted by molar-refractivity contribution is 6.31. The number of nitrogens with zero attached hydrogens (tertiary/aromatic N) is 1. The summed E-state index contributed by atoms with van der Waals surface area (Å²) in [7, 11) is 1.66. The van der Waals surface area contributed by atoms with Gasteiger partial charge in [0.15, 0.2) is 0 Å². The molecule has 0 aliphatic carbocycles. The standard InChI is InChI=1S/C21H27ClN2O2/c1-15(19-5-3-4-6-20(19)22)26-24-11-9-16(10-12-24)13-17-7-8-18(25-2)14-21(17)23/h3-8,14-16H,9-13,23H2,1-2H3. The zero-order valence-corrected chi connectivity index (χ0v) is 16.2. The van der Waals surface area contributed by atoms with Gasteiger partial charge in [0.1, 0.15) is 11.9 Å². The molecule has 5 heteroatoms. The van der Waals surface area contributed by atoms with Crippen LogP contribution in [0.5, 0.6) is 5.75 Å². The van der Waals surface area contributed by atoms with Crippen LogP contribution in [0.4, 0.5) is 5.69 Å². The zero-order chi connectivity index (χ0) is 18.5. The minimum atomic E-state index is -0.0440. The van der Waals surface area contributed by atoms with Gasteiger partial charge in [0, 0.05) is 35.4 Å². The van der Waals surface area contributed by atoms with Crippen molar-refractivity contribution in [1.29, 1.82) is 0 Å². The van der Waals surface area contributed by atoms with Gasteiger partial charge in [-0.3, -0.25) is 4.84 Å². The Morgan fingerprint density at radius 3 is 2.58 bits per heavy atom. The molecule has 1 atom stereocenters. The average molecular weight is 375 g/mol. The first-order valence-electron chi connectivity index (χ1n) is 9.15. The number of rotatable bonds is 6. The summed E-state index contributed by atoms with van der Waals surface area (Å²) in [5.74, 6) is 1.43. The second kappa shape index (κ2) is 8.76.